The number of benzene rings is 1. The van der Waals surface area contributed by atoms with Crippen LogP contribution in [0.5, 0.6) is 5.75 Å². The molecule has 180 valence electrons. The molecule has 5 N–H and O–H groups in total. The number of aliphatic imine (C=N–C) groups is 1. The van der Waals surface area contributed by atoms with Crippen molar-refractivity contribution in [3.8, 4) is 5.75 Å². The first-order valence-electron chi connectivity index (χ1n) is 11.9. The molecule has 0 aromatic heterocycles. The second kappa shape index (κ2) is 8.56. The normalized spacial score (nSPS) is 31.9. The molecule has 3 heterocycles. The summed E-state index contributed by atoms with van der Waals surface area (Å²) in [6.45, 7) is 11.9. The van der Waals surface area contributed by atoms with Gasteiger partial charge in [-0.3, -0.25) is 9.79 Å². The first kappa shape index (κ1) is 23.4. The average Bonchev–Trinajstić information content (AvgIpc) is 3.05. The van der Waals surface area contributed by atoms with E-state index in [4.69, 9.17) is 15.5 Å². The smallest absolute Gasteiger partial charge is 0.255 e. The Hall–Kier alpha value is -2.74. The summed E-state index contributed by atoms with van der Waals surface area (Å²) < 4.78 is 5.94. The van der Waals surface area contributed by atoms with Gasteiger partial charge in [0.1, 0.15) is 11.9 Å². The molecule has 1 aromatic rings. The van der Waals surface area contributed by atoms with Crippen LogP contribution in [0, 0.1) is 0 Å². The summed E-state index contributed by atoms with van der Waals surface area (Å²) in [5.41, 5.74) is 6.87. The maximum atomic E-state index is 13.4. The fraction of sp³-hybridized carbons (Fsp3) is 0.600. The maximum absolute atomic E-state index is 13.4. The predicted molar refractivity (Wildman–Crippen MR) is 129 cm³/mol. The second-order valence-corrected chi connectivity index (χ2v) is 10.1. The van der Waals surface area contributed by atoms with Crippen molar-refractivity contribution in [3.05, 3.63) is 41.2 Å². The minimum absolute atomic E-state index is 0.0538. The van der Waals surface area contributed by atoms with Crippen molar-refractivity contribution in [2.45, 2.75) is 76.6 Å². The molecule has 0 bridgehead atoms. The van der Waals surface area contributed by atoms with Crippen LogP contribution < -0.4 is 21.1 Å². The lowest BCUT2D eigenvalue weighted by molar-refractivity contribution is 0.0143. The summed E-state index contributed by atoms with van der Waals surface area (Å²) in [6, 6.07) is 5.01. The SMILES string of the molecule is C/C=C1\NCC(N=C(N)CC)[C@@]2(C)C(O)[C@H](NC(=O)c3cccc4c3OCCC4(C)C)CN12. The zero-order valence-electron chi connectivity index (χ0n) is 20.3. The number of aliphatic hydroxyl groups is 1. The van der Waals surface area contributed by atoms with Crippen LogP contribution in [0.1, 0.15) is 63.4 Å². The summed E-state index contributed by atoms with van der Waals surface area (Å²) >= 11 is 0. The van der Waals surface area contributed by atoms with E-state index in [1.165, 1.54) is 0 Å². The first-order valence-corrected chi connectivity index (χ1v) is 11.9. The number of nitrogens with two attached hydrogens (primary N) is 1. The van der Waals surface area contributed by atoms with E-state index in [-0.39, 0.29) is 17.4 Å². The third-order valence-electron chi connectivity index (χ3n) is 7.62. The Labute approximate surface area is 196 Å². The minimum Gasteiger partial charge on any atom is -0.492 e. The highest BCUT2D eigenvalue weighted by Crippen LogP contribution is 2.41. The maximum Gasteiger partial charge on any atom is 0.255 e. The van der Waals surface area contributed by atoms with Gasteiger partial charge in [-0.15, -0.1) is 0 Å². The van der Waals surface area contributed by atoms with Gasteiger partial charge in [0.15, 0.2) is 0 Å². The zero-order valence-corrected chi connectivity index (χ0v) is 20.3. The van der Waals surface area contributed by atoms with E-state index in [1.807, 2.05) is 39.0 Å². The topological polar surface area (TPSA) is 112 Å². The molecule has 4 atom stereocenters. The number of aliphatic hydroxyl groups excluding tert-OH is 1. The van der Waals surface area contributed by atoms with Crippen molar-refractivity contribution in [1.29, 1.82) is 0 Å². The molecule has 1 aromatic carbocycles. The van der Waals surface area contributed by atoms with E-state index >= 15 is 0 Å². The van der Waals surface area contributed by atoms with E-state index in [2.05, 4.69) is 29.4 Å². The van der Waals surface area contributed by atoms with Crippen molar-refractivity contribution in [1.82, 2.24) is 15.5 Å². The van der Waals surface area contributed by atoms with Crippen LogP contribution in [0.4, 0.5) is 0 Å². The number of amidine groups is 1. The van der Waals surface area contributed by atoms with Gasteiger partial charge in [0.05, 0.1) is 41.4 Å². The van der Waals surface area contributed by atoms with E-state index in [0.29, 0.717) is 43.3 Å². The van der Waals surface area contributed by atoms with Crippen LogP contribution in [0.2, 0.25) is 0 Å². The summed E-state index contributed by atoms with van der Waals surface area (Å²) in [4.78, 5) is 20.2. The molecule has 2 saturated heterocycles. The van der Waals surface area contributed by atoms with E-state index in [0.717, 1.165) is 17.8 Å². The van der Waals surface area contributed by atoms with Gasteiger partial charge in [0.2, 0.25) is 0 Å². The number of para-hydroxylation sites is 1. The van der Waals surface area contributed by atoms with Gasteiger partial charge in [-0.05, 0) is 37.8 Å². The highest BCUT2D eigenvalue weighted by Gasteiger charge is 2.57. The van der Waals surface area contributed by atoms with Crippen LogP contribution in [-0.2, 0) is 5.41 Å². The van der Waals surface area contributed by atoms with Gasteiger partial charge in [-0.1, -0.05) is 32.9 Å². The number of hydrogen-bond acceptors (Lipinski definition) is 6. The number of carbonyl (C=O) groups excluding carboxylic acids is 1. The molecular formula is C25H37N5O3. The Balaban J connectivity index is 1.62. The largest absolute Gasteiger partial charge is 0.492 e. The zero-order chi connectivity index (χ0) is 24.0. The van der Waals surface area contributed by atoms with Crippen LogP contribution in [0.15, 0.2) is 35.1 Å². The number of hydrogen-bond donors (Lipinski definition) is 4. The molecule has 1 amide bonds. The summed E-state index contributed by atoms with van der Waals surface area (Å²) in [5, 5.41) is 18.0. The van der Waals surface area contributed by atoms with Gasteiger partial charge in [0, 0.05) is 25.1 Å². The highest BCUT2D eigenvalue weighted by molar-refractivity contribution is 5.98. The van der Waals surface area contributed by atoms with Crippen LogP contribution >= 0.6 is 0 Å². The number of amides is 1. The molecule has 8 nitrogen and oxygen atoms in total. The van der Waals surface area contributed by atoms with Crippen molar-refractivity contribution < 1.29 is 14.6 Å². The van der Waals surface area contributed by atoms with Gasteiger partial charge in [-0.25, -0.2) is 0 Å². The molecule has 33 heavy (non-hydrogen) atoms. The standard InChI is InChI=1S/C25H37N5O3/c1-6-19(26)29-18-13-27-20(7-2)30-14-17(22(31)25(18,30)5)28-23(32)15-9-8-10-16-21(15)33-12-11-24(16,3)4/h7-10,17-18,22,27,31H,6,11-14H2,1-5H3,(H2,26,29)(H,28,32)/b20-7+/t17-,18?,22?,25+/m1/s1. The summed E-state index contributed by atoms with van der Waals surface area (Å²) in [7, 11) is 0. The molecule has 2 fully saturated rings. The number of rotatable bonds is 4. The molecular weight excluding hydrogens is 418 g/mol. The molecule has 0 aliphatic carbocycles. The van der Waals surface area contributed by atoms with Crippen LogP contribution in [0.3, 0.4) is 0 Å². The lowest BCUT2D eigenvalue weighted by Gasteiger charge is -2.48. The van der Waals surface area contributed by atoms with Crippen molar-refractivity contribution in [3.63, 3.8) is 0 Å². The number of nitrogens with one attached hydrogen (secondary N) is 2. The molecule has 4 rings (SSSR count). The molecule has 3 aliphatic heterocycles. The first-order chi connectivity index (χ1) is 15.6. The Morgan fingerprint density at radius 3 is 2.88 bits per heavy atom. The van der Waals surface area contributed by atoms with Crippen molar-refractivity contribution >= 4 is 11.7 Å². The summed E-state index contributed by atoms with van der Waals surface area (Å²) in [5.74, 6) is 1.90. The Morgan fingerprint density at radius 2 is 2.18 bits per heavy atom. The van der Waals surface area contributed by atoms with E-state index < -0.39 is 17.7 Å². The number of ether oxygens (including phenoxy) is 1. The third kappa shape index (κ3) is 3.84. The van der Waals surface area contributed by atoms with E-state index in [1.54, 1.807) is 6.07 Å². The van der Waals surface area contributed by atoms with Crippen molar-refractivity contribution in [2.24, 2.45) is 10.7 Å². The quantitative estimate of drug-likeness (QED) is 0.407. The van der Waals surface area contributed by atoms with Crippen LogP contribution in [0.25, 0.3) is 0 Å². The highest BCUT2D eigenvalue weighted by atomic mass is 16.5. The monoisotopic (exact) mass is 455 g/mol. The van der Waals surface area contributed by atoms with Gasteiger partial charge in [-0.2, -0.15) is 0 Å². The number of nitrogens with zero attached hydrogens (tertiary/aromatic N) is 2. The van der Waals surface area contributed by atoms with Crippen LogP contribution in [-0.4, -0.2) is 65.2 Å². The fourth-order valence-electron chi connectivity index (χ4n) is 5.34. The Kier molecular flexibility index (Phi) is 6.07. The van der Waals surface area contributed by atoms with E-state index in [9.17, 15) is 9.90 Å². The lowest BCUT2D eigenvalue weighted by atomic mass is 9.79. The molecule has 3 aliphatic rings. The van der Waals surface area contributed by atoms with Gasteiger partial charge < -0.3 is 31.1 Å². The Bertz CT molecular complexity index is 988. The Morgan fingerprint density at radius 1 is 1.42 bits per heavy atom. The third-order valence-corrected chi connectivity index (χ3v) is 7.62. The van der Waals surface area contributed by atoms with Gasteiger partial charge in [0.25, 0.3) is 5.91 Å². The second-order valence-electron chi connectivity index (χ2n) is 10.1. The molecule has 0 spiro atoms. The predicted octanol–water partition coefficient (Wildman–Crippen LogP) is 1.88. The lowest BCUT2D eigenvalue weighted by Crippen LogP contribution is -2.64. The van der Waals surface area contributed by atoms with Crippen molar-refractivity contribution in [2.75, 3.05) is 19.7 Å². The number of allylic oxidation sites excluding steroid dienone is 1. The fourth-order valence-corrected chi connectivity index (χ4v) is 5.34. The molecule has 2 unspecified atom stereocenters. The molecule has 8 heteroatoms. The summed E-state index contributed by atoms with van der Waals surface area (Å²) in [6.07, 6.45) is 2.71. The molecule has 0 saturated carbocycles. The minimum atomic E-state index is -0.825. The van der Waals surface area contributed by atoms with Gasteiger partial charge >= 0.3 is 0 Å². The number of fused-ring (bicyclic) bond motifs is 2. The average molecular weight is 456 g/mol. The molecule has 0 radical (unpaired) electrons. The number of carbonyl (C=O) groups is 1.